The Morgan fingerprint density at radius 3 is 2.84 bits per heavy atom. The van der Waals surface area contributed by atoms with E-state index in [2.05, 4.69) is 29.4 Å². The van der Waals surface area contributed by atoms with Crippen molar-refractivity contribution >= 4 is 6.09 Å². The van der Waals surface area contributed by atoms with Gasteiger partial charge in [0, 0.05) is 25.1 Å². The number of carbonyl (C=O) groups excluding carboxylic acids is 1. The minimum absolute atomic E-state index is 0.102. The molecule has 1 spiro atoms. The van der Waals surface area contributed by atoms with Crippen molar-refractivity contribution in [2.24, 2.45) is 0 Å². The molecule has 5 rings (SSSR count). The van der Waals surface area contributed by atoms with Crippen LogP contribution in [0.3, 0.4) is 0 Å². The van der Waals surface area contributed by atoms with Crippen LogP contribution < -0.4 is 14.8 Å². The second-order valence-corrected chi connectivity index (χ2v) is 8.77. The maximum atomic E-state index is 12.5. The van der Waals surface area contributed by atoms with Crippen LogP contribution in [-0.4, -0.2) is 43.9 Å². The van der Waals surface area contributed by atoms with Gasteiger partial charge in [0.1, 0.15) is 12.2 Å². The third-order valence-corrected chi connectivity index (χ3v) is 6.65. The first-order valence-corrected chi connectivity index (χ1v) is 10.8. The van der Waals surface area contributed by atoms with Crippen LogP contribution in [0, 0.1) is 0 Å². The van der Waals surface area contributed by atoms with Crippen molar-refractivity contribution in [1.29, 1.82) is 0 Å². The molecule has 0 aromatic heterocycles. The summed E-state index contributed by atoms with van der Waals surface area (Å²) in [4.78, 5) is 14.9. The highest BCUT2D eigenvalue weighted by Crippen LogP contribution is 2.55. The molecule has 2 aromatic rings. The summed E-state index contributed by atoms with van der Waals surface area (Å²) in [6.45, 7) is 3.70. The first-order valence-electron chi connectivity index (χ1n) is 10.8. The zero-order chi connectivity index (χ0) is 21.6. The molecule has 31 heavy (non-hydrogen) atoms. The van der Waals surface area contributed by atoms with Crippen LogP contribution in [0.1, 0.15) is 36.1 Å². The van der Waals surface area contributed by atoms with Crippen LogP contribution in [0.4, 0.5) is 4.79 Å². The van der Waals surface area contributed by atoms with Gasteiger partial charge in [-0.2, -0.15) is 0 Å². The number of ether oxygens (including phenoxy) is 3. The van der Waals surface area contributed by atoms with Gasteiger partial charge in [-0.1, -0.05) is 42.5 Å². The summed E-state index contributed by atoms with van der Waals surface area (Å²) in [5.41, 5.74) is 3.30. The Kier molecular flexibility index (Phi) is 4.89. The number of alkyl carbamates (subject to hydrolysis) is 1. The van der Waals surface area contributed by atoms with Gasteiger partial charge in [0.25, 0.3) is 0 Å². The first kappa shape index (κ1) is 19.9. The maximum absolute atomic E-state index is 12.5. The topological polar surface area (TPSA) is 60.0 Å². The molecule has 0 bridgehead atoms. The van der Waals surface area contributed by atoms with E-state index in [1.807, 2.05) is 49.4 Å². The Bertz CT molecular complexity index is 1020. The van der Waals surface area contributed by atoms with Crippen molar-refractivity contribution in [2.75, 3.05) is 20.7 Å². The molecule has 1 amide bonds. The third-order valence-electron chi connectivity index (χ3n) is 6.65. The molecule has 2 aromatic carbocycles. The highest BCUT2D eigenvalue weighted by molar-refractivity contribution is 5.68. The van der Waals surface area contributed by atoms with Crippen LogP contribution in [-0.2, 0) is 16.7 Å². The van der Waals surface area contributed by atoms with E-state index in [1.165, 1.54) is 11.1 Å². The normalized spacial score (nSPS) is 26.9. The zero-order valence-corrected chi connectivity index (χ0v) is 18.1. The molecule has 1 N–H and O–H groups in total. The lowest BCUT2D eigenvalue weighted by Gasteiger charge is -2.42. The quantitative estimate of drug-likeness (QED) is 0.759. The fourth-order valence-electron chi connectivity index (χ4n) is 5.24. The Hall–Kier alpha value is -2.99. The molecule has 3 aliphatic rings. The van der Waals surface area contributed by atoms with Gasteiger partial charge in [-0.3, -0.25) is 0 Å². The highest BCUT2D eigenvalue weighted by Gasteiger charge is 2.54. The summed E-state index contributed by atoms with van der Waals surface area (Å²) < 4.78 is 17.8. The van der Waals surface area contributed by atoms with Crippen molar-refractivity contribution in [3.63, 3.8) is 0 Å². The largest absolute Gasteiger partial charge is 0.493 e. The average Bonchev–Trinajstić information content (AvgIpc) is 3.09. The second-order valence-electron chi connectivity index (χ2n) is 8.77. The van der Waals surface area contributed by atoms with Crippen LogP contribution in [0.15, 0.2) is 54.6 Å². The van der Waals surface area contributed by atoms with E-state index in [0.717, 1.165) is 30.2 Å². The minimum atomic E-state index is -0.420. The lowest BCUT2D eigenvalue weighted by atomic mass is 9.68. The number of carbonyl (C=O) groups is 1. The van der Waals surface area contributed by atoms with E-state index >= 15 is 0 Å². The SMILES string of the molecule is COc1ccc2c3c1O[C@H]1C[C@H](OC(=O)N[C@H](C)c4ccccc4)C=C[C@@]31CN(C)C2. The smallest absolute Gasteiger partial charge is 0.408 e. The van der Waals surface area contributed by atoms with Crippen LogP contribution in [0.25, 0.3) is 0 Å². The number of methoxy groups -OCH3 is 1. The van der Waals surface area contributed by atoms with Crippen LogP contribution >= 0.6 is 0 Å². The van der Waals surface area contributed by atoms with Crippen molar-refractivity contribution in [3.8, 4) is 11.5 Å². The molecular formula is C25H28N2O4. The predicted octanol–water partition coefficient (Wildman–Crippen LogP) is 3.96. The number of hydrogen-bond acceptors (Lipinski definition) is 5. The van der Waals surface area contributed by atoms with E-state index < -0.39 is 6.09 Å². The molecule has 0 saturated carbocycles. The molecule has 0 fully saturated rings. The van der Waals surface area contributed by atoms with E-state index in [9.17, 15) is 4.79 Å². The van der Waals surface area contributed by atoms with Crippen molar-refractivity contribution in [2.45, 2.75) is 43.6 Å². The minimum Gasteiger partial charge on any atom is -0.493 e. The van der Waals surface area contributed by atoms with Gasteiger partial charge in [0.05, 0.1) is 18.6 Å². The molecule has 6 heteroatoms. The zero-order valence-electron chi connectivity index (χ0n) is 18.1. The molecule has 2 aliphatic heterocycles. The predicted molar refractivity (Wildman–Crippen MR) is 117 cm³/mol. The number of hydrogen-bond donors (Lipinski definition) is 1. The summed E-state index contributed by atoms with van der Waals surface area (Å²) in [6.07, 6.45) is 3.95. The molecule has 4 atom stereocenters. The molecule has 0 radical (unpaired) electrons. The van der Waals surface area contributed by atoms with Crippen molar-refractivity contribution in [3.05, 3.63) is 71.3 Å². The molecular weight excluding hydrogens is 392 g/mol. The Balaban J connectivity index is 1.34. The average molecular weight is 421 g/mol. The van der Waals surface area contributed by atoms with Gasteiger partial charge >= 0.3 is 6.09 Å². The fourth-order valence-corrected chi connectivity index (χ4v) is 5.24. The summed E-state index contributed by atoms with van der Waals surface area (Å²) in [5.74, 6) is 1.60. The lowest BCUT2D eigenvalue weighted by molar-refractivity contribution is 0.0517. The van der Waals surface area contributed by atoms with Crippen LogP contribution in [0.2, 0.25) is 0 Å². The Morgan fingerprint density at radius 1 is 1.26 bits per heavy atom. The van der Waals surface area contributed by atoms with Gasteiger partial charge in [0.2, 0.25) is 0 Å². The summed E-state index contributed by atoms with van der Waals surface area (Å²) in [5, 5.41) is 2.93. The standard InChI is InChI=1S/C25H28N2O4/c1-16(17-7-5-4-6-8-17)26-24(28)30-19-11-12-25-15-27(2)14-18-9-10-20(29-3)23(22(18)25)31-21(25)13-19/h4-12,16,19,21H,13-15H2,1-3H3,(H,26,28)/t16-,19-,21+,25+/m1/s1. The van der Waals surface area contributed by atoms with Gasteiger partial charge in [-0.25, -0.2) is 4.79 Å². The maximum Gasteiger partial charge on any atom is 0.408 e. The third kappa shape index (κ3) is 3.35. The van der Waals surface area contributed by atoms with Gasteiger partial charge in [-0.15, -0.1) is 0 Å². The van der Waals surface area contributed by atoms with Crippen molar-refractivity contribution < 1.29 is 19.0 Å². The van der Waals surface area contributed by atoms with E-state index in [0.29, 0.717) is 6.42 Å². The number of nitrogens with one attached hydrogen (secondary N) is 1. The number of nitrogens with zero attached hydrogens (tertiary/aromatic N) is 1. The molecule has 1 aliphatic carbocycles. The van der Waals surface area contributed by atoms with Crippen molar-refractivity contribution in [1.82, 2.24) is 10.2 Å². The molecule has 162 valence electrons. The van der Waals surface area contributed by atoms with E-state index in [1.54, 1.807) is 7.11 Å². The second kappa shape index (κ2) is 7.61. The summed E-state index contributed by atoms with van der Waals surface area (Å²) in [7, 11) is 3.80. The number of rotatable bonds is 4. The monoisotopic (exact) mass is 420 g/mol. The van der Waals surface area contributed by atoms with E-state index in [4.69, 9.17) is 14.2 Å². The fraction of sp³-hybridized carbons (Fsp3) is 0.400. The van der Waals surface area contributed by atoms with Gasteiger partial charge in [0.15, 0.2) is 11.5 Å². The van der Waals surface area contributed by atoms with Crippen LogP contribution in [0.5, 0.6) is 11.5 Å². The van der Waals surface area contributed by atoms with E-state index in [-0.39, 0.29) is 23.7 Å². The number of likely N-dealkylation sites (N-methyl/N-ethyl adjacent to an activating group) is 1. The molecule has 6 nitrogen and oxygen atoms in total. The number of benzene rings is 2. The summed E-state index contributed by atoms with van der Waals surface area (Å²) in [6, 6.07) is 13.8. The molecule has 2 heterocycles. The number of amides is 1. The van der Waals surface area contributed by atoms with Gasteiger partial charge in [-0.05, 0) is 37.2 Å². The molecule has 0 saturated heterocycles. The molecule has 0 unspecified atom stereocenters. The van der Waals surface area contributed by atoms with Gasteiger partial charge < -0.3 is 24.4 Å². The highest BCUT2D eigenvalue weighted by atomic mass is 16.6. The Morgan fingerprint density at radius 2 is 2.06 bits per heavy atom. The summed E-state index contributed by atoms with van der Waals surface area (Å²) >= 11 is 0. The Labute approximate surface area is 182 Å². The first-order chi connectivity index (χ1) is 15.0. The lowest BCUT2D eigenvalue weighted by Crippen LogP contribution is -2.51.